The van der Waals surface area contributed by atoms with Crippen LogP contribution in [-0.2, 0) is 20.7 Å². The second-order valence-electron chi connectivity index (χ2n) is 13.2. The van der Waals surface area contributed by atoms with Crippen molar-refractivity contribution in [3.63, 3.8) is 0 Å². The molecular weight excluding hydrogens is 715 g/mol. The Morgan fingerprint density at radius 1 is 0.827 bits per heavy atom. The summed E-state index contributed by atoms with van der Waals surface area (Å²) in [6.45, 7) is 1.65. The summed E-state index contributed by atoms with van der Waals surface area (Å²) >= 11 is 12.0. The Balaban J connectivity index is 1.07. The summed E-state index contributed by atoms with van der Waals surface area (Å²) < 4.78 is 38.4. The molecule has 0 spiro atoms. The van der Waals surface area contributed by atoms with Gasteiger partial charge in [-0.3, -0.25) is 9.69 Å². The van der Waals surface area contributed by atoms with Gasteiger partial charge in [-0.1, -0.05) is 23.2 Å². The number of carbonyl (C=O) groups excluding carboxylic acids is 3. The summed E-state index contributed by atoms with van der Waals surface area (Å²) in [5, 5.41) is 1.74. The maximum absolute atomic E-state index is 13.7. The van der Waals surface area contributed by atoms with E-state index in [1.54, 1.807) is 7.11 Å². The predicted octanol–water partition coefficient (Wildman–Crippen LogP) is 7.42. The van der Waals surface area contributed by atoms with Crippen LogP contribution in [0.5, 0.6) is 28.7 Å². The molecule has 3 heterocycles. The third kappa shape index (κ3) is 6.94. The van der Waals surface area contributed by atoms with Crippen molar-refractivity contribution in [2.45, 2.75) is 37.8 Å². The minimum Gasteiger partial charge on any atom is -0.497 e. The second kappa shape index (κ2) is 14.8. The van der Waals surface area contributed by atoms with E-state index in [1.807, 2.05) is 12.1 Å². The molecule has 1 N–H and O–H groups in total. The van der Waals surface area contributed by atoms with Crippen molar-refractivity contribution in [3.8, 4) is 28.7 Å². The van der Waals surface area contributed by atoms with Crippen LogP contribution < -0.4 is 23.7 Å². The Morgan fingerprint density at radius 2 is 1.56 bits per heavy atom. The Labute approximate surface area is 310 Å². The van der Waals surface area contributed by atoms with Crippen molar-refractivity contribution < 1.29 is 47.5 Å². The highest BCUT2D eigenvalue weighted by Crippen LogP contribution is 2.50. The SMILES string of the molecule is COC(=O)[C@@H]1C[C@H](OC(=O)c2cc(OC)c(OC(=O)Oc3cc(Cl)cc(Cl)c3)c(OC)c2)C[C@@H]2CN3CCc4c([nH]c5cc(OC)ccc45)[C@H]3C[C@@H]21. The van der Waals surface area contributed by atoms with E-state index < -0.39 is 24.1 Å². The lowest BCUT2D eigenvalue weighted by Gasteiger charge is -2.51. The lowest BCUT2D eigenvalue weighted by molar-refractivity contribution is -0.155. The van der Waals surface area contributed by atoms with Crippen LogP contribution in [-0.4, -0.2) is 75.6 Å². The number of hydrogen-bond acceptors (Lipinski definition) is 11. The number of ether oxygens (including phenoxy) is 7. The van der Waals surface area contributed by atoms with Gasteiger partial charge in [-0.2, -0.15) is 0 Å². The fraction of sp³-hybridized carbons (Fsp3) is 0.395. The maximum atomic E-state index is 13.7. The molecule has 3 aliphatic rings. The van der Waals surface area contributed by atoms with E-state index in [4.69, 9.17) is 56.4 Å². The Hall–Kier alpha value is -4.65. The first-order chi connectivity index (χ1) is 25.1. The van der Waals surface area contributed by atoms with Crippen LogP contribution in [0.1, 0.15) is 46.9 Å². The number of H-pyrrole nitrogens is 1. The number of esters is 2. The second-order valence-corrected chi connectivity index (χ2v) is 14.1. The van der Waals surface area contributed by atoms with E-state index in [2.05, 4.69) is 16.0 Å². The Kier molecular flexibility index (Phi) is 10.1. The highest BCUT2D eigenvalue weighted by Gasteiger charge is 2.49. The van der Waals surface area contributed by atoms with E-state index in [0.29, 0.717) is 12.8 Å². The van der Waals surface area contributed by atoms with Crippen LogP contribution in [0.3, 0.4) is 0 Å². The predicted molar refractivity (Wildman–Crippen MR) is 191 cm³/mol. The summed E-state index contributed by atoms with van der Waals surface area (Å²) in [4.78, 5) is 45.8. The van der Waals surface area contributed by atoms with E-state index in [0.717, 1.165) is 37.2 Å². The summed E-state index contributed by atoms with van der Waals surface area (Å²) in [6.07, 6.45) is 0.967. The van der Waals surface area contributed by atoms with Gasteiger partial charge in [-0.15, -0.1) is 0 Å². The average molecular weight is 754 g/mol. The fourth-order valence-corrected chi connectivity index (χ4v) is 8.67. The molecule has 1 saturated carbocycles. The summed E-state index contributed by atoms with van der Waals surface area (Å²) in [6, 6.07) is 13.3. The van der Waals surface area contributed by atoms with Crippen LogP contribution in [0, 0.1) is 17.8 Å². The van der Waals surface area contributed by atoms with Gasteiger partial charge in [0.1, 0.15) is 17.6 Å². The molecule has 1 saturated heterocycles. The molecule has 0 unspecified atom stereocenters. The number of nitrogens with zero attached hydrogens (tertiary/aromatic N) is 1. The van der Waals surface area contributed by atoms with Crippen LogP contribution in [0.25, 0.3) is 10.9 Å². The normalized spacial score (nSPS) is 22.3. The number of aromatic amines is 1. The summed E-state index contributed by atoms with van der Waals surface area (Å²) in [5.74, 6) is -0.420. The molecule has 2 fully saturated rings. The van der Waals surface area contributed by atoms with E-state index in [9.17, 15) is 14.4 Å². The summed E-state index contributed by atoms with van der Waals surface area (Å²) in [7, 11) is 5.77. The van der Waals surface area contributed by atoms with Crippen molar-refractivity contribution in [1.82, 2.24) is 9.88 Å². The quantitative estimate of drug-likeness (QED) is 0.142. The molecule has 5 atom stereocenters. The number of benzene rings is 3. The number of halogens is 2. The molecule has 274 valence electrons. The van der Waals surface area contributed by atoms with Crippen LogP contribution in [0.15, 0.2) is 48.5 Å². The monoisotopic (exact) mass is 752 g/mol. The number of hydrogen-bond donors (Lipinski definition) is 1. The molecule has 7 rings (SSSR count). The number of rotatable bonds is 8. The van der Waals surface area contributed by atoms with Gasteiger partial charge in [0.2, 0.25) is 5.75 Å². The van der Waals surface area contributed by atoms with E-state index in [1.165, 1.54) is 68.3 Å². The minimum absolute atomic E-state index is 0.0294. The van der Waals surface area contributed by atoms with Gasteiger partial charge in [0.15, 0.2) is 11.5 Å². The van der Waals surface area contributed by atoms with Crippen molar-refractivity contribution >= 4 is 52.2 Å². The number of nitrogens with one attached hydrogen (secondary N) is 1. The van der Waals surface area contributed by atoms with Gasteiger partial charge < -0.3 is 38.1 Å². The highest BCUT2D eigenvalue weighted by atomic mass is 35.5. The van der Waals surface area contributed by atoms with Crippen molar-refractivity contribution in [2.24, 2.45) is 17.8 Å². The maximum Gasteiger partial charge on any atom is 0.519 e. The van der Waals surface area contributed by atoms with Crippen LogP contribution in [0.2, 0.25) is 10.0 Å². The zero-order valence-electron chi connectivity index (χ0n) is 29.0. The number of piperidine rings is 1. The van der Waals surface area contributed by atoms with Crippen LogP contribution >= 0.6 is 23.2 Å². The van der Waals surface area contributed by atoms with Gasteiger partial charge >= 0.3 is 18.1 Å². The molecule has 12 nitrogen and oxygen atoms in total. The van der Waals surface area contributed by atoms with Gasteiger partial charge in [0, 0.05) is 45.8 Å². The molecular formula is C38H38Cl2N2O10. The fourth-order valence-electron chi connectivity index (χ4n) is 8.16. The van der Waals surface area contributed by atoms with E-state index in [-0.39, 0.29) is 62.5 Å². The molecule has 1 aromatic heterocycles. The first-order valence-corrected chi connectivity index (χ1v) is 17.7. The number of carbonyl (C=O) groups is 3. The minimum atomic E-state index is -1.11. The smallest absolute Gasteiger partial charge is 0.497 e. The zero-order valence-corrected chi connectivity index (χ0v) is 30.5. The number of methoxy groups -OCH3 is 4. The molecule has 52 heavy (non-hydrogen) atoms. The van der Waals surface area contributed by atoms with Gasteiger partial charge in [0.05, 0.1) is 46.0 Å². The molecule has 1 aliphatic carbocycles. The Bertz CT molecular complexity index is 1990. The first kappa shape index (κ1) is 35.7. The van der Waals surface area contributed by atoms with E-state index >= 15 is 0 Å². The topological polar surface area (TPSA) is 135 Å². The van der Waals surface area contributed by atoms with Gasteiger partial charge in [-0.25, -0.2) is 9.59 Å². The molecule has 0 amide bonds. The third-order valence-corrected chi connectivity index (χ3v) is 10.9. The molecule has 4 aromatic rings. The zero-order chi connectivity index (χ0) is 36.7. The third-order valence-electron chi connectivity index (χ3n) is 10.4. The van der Waals surface area contributed by atoms with Crippen molar-refractivity contribution in [3.05, 3.63) is 75.4 Å². The Morgan fingerprint density at radius 3 is 2.23 bits per heavy atom. The standard InChI is InChI=1S/C38H38Cl2N2O10/c1-46-23-5-6-26-27-7-8-42-18-20-9-24(15-29(37(44)49-4)28(20)17-31(42)34(27)41-30(26)16-23)50-36(43)19-10-32(47-2)35(33(11-19)48-3)52-38(45)51-25-13-21(39)12-22(40)14-25/h5-6,10-14,16,20,24,28-29,31,41H,7-9,15,17-18H2,1-4H3/t20-,24-,28+,29-,31-/m1/s1. The largest absolute Gasteiger partial charge is 0.519 e. The molecule has 14 heteroatoms. The van der Waals surface area contributed by atoms with Gasteiger partial charge in [-0.05, 0) is 85.5 Å². The highest BCUT2D eigenvalue weighted by molar-refractivity contribution is 6.34. The average Bonchev–Trinajstić information content (AvgIpc) is 3.51. The molecule has 0 radical (unpaired) electrons. The first-order valence-electron chi connectivity index (χ1n) is 16.9. The number of aromatic nitrogens is 1. The van der Waals surface area contributed by atoms with Crippen LogP contribution in [0.4, 0.5) is 4.79 Å². The lowest BCUT2D eigenvalue weighted by atomic mass is 9.65. The molecule has 0 bridgehead atoms. The lowest BCUT2D eigenvalue weighted by Crippen LogP contribution is -2.52. The molecule has 3 aromatic carbocycles. The summed E-state index contributed by atoms with van der Waals surface area (Å²) in [5.41, 5.74) is 3.67. The number of fused-ring (bicyclic) bond motifs is 6. The van der Waals surface area contributed by atoms with Crippen molar-refractivity contribution in [2.75, 3.05) is 41.5 Å². The van der Waals surface area contributed by atoms with Crippen molar-refractivity contribution in [1.29, 1.82) is 0 Å². The molecule has 2 aliphatic heterocycles. The van der Waals surface area contributed by atoms with Gasteiger partial charge in [0.25, 0.3) is 0 Å².